The summed E-state index contributed by atoms with van der Waals surface area (Å²) in [5.74, 6) is 0.803. The van der Waals surface area contributed by atoms with E-state index in [1.807, 2.05) is 36.4 Å². The van der Waals surface area contributed by atoms with Gasteiger partial charge < -0.3 is 19.0 Å². The summed E-state index contributed by atoms with van der Waals surface area (Å²) in [5, 5.41) is 21.3. The highest BCUT2D eigenvalue weighted by molar-refractivity contribution is 6.09. The smallest absolute Gasteiger partial charge is 0.493 e. The summed E-state index contributed by atoms with van der Waals surface area (Å²) in [6.45, 7) is 1.72. The van der Waals surface area contributed by atoms with Crippen LogP contribution >= 0.6 is 0 Å². The van der Waals surface area contributed by atoms with Crippen LogP contribution in [-0.4, -0.2) is 23.4 Å². The Balaban J connectivity index is 1.71. The number of carbonyl (C=O) groups is 1. The Labute approximate surface area is 183 Å². The first-order chi connectivity index (χ1) is 15.5. The van der Waals surface area contributed by atoms with Crippen molar-refractivity contribution in [2.24, 2.45) is 0 Å². The maximum atomic E-state index is 11.1. The van der Waals surface area contributed by atoms with Crippen LogP contribution in [0.2, 0.25) is 0 Å². The molecule has 1 unspecified atom stereocenters. The largest absolute Gasteiger partial charge is 0.511 e. The molecule has 1 aliphatic rings. The summed E-state index contributed by atoms with van der Waals surface area (Å²) in [6, 6.07) is 15.8. The van der Waals surface area contributed by atoms with Crippen LogP contribution in [0, 0.1) is 18.3 Å². The second-order valence-corrected chi connectivity index (χ2v) is 8.03. The number of ether oxygens (including phenoxy) is 2. The molecule has 0 spiro atoms. The predicted molar refractivity (Wildman–Crippen MR) is 117 cm³/mol. The zero-order valence-electron chi connectivity index (χ0n) is 17.6. The number of hydrogen-bond donors (Lipinski definition) is 1. The third-order valence-corrected chi connectivity index (χ3v) is 6.25. The number of furan rings is 1. The monoisotopic (exact) mass is 428 g/mol. The molecular weight excluding hydrogens is 408 g/mol. The Kier molecular flexibility index (Phi) is 4.52. The average molecular weight is 428 g/mol. The van der Waals surface area contributed by atoms with E-state index in [9.17, 15) is 10.1 Å². The number of aryl methyl sites for hydroxylation is 2. The van der Waals surface area contributed by atoms with Crippen molar-refractivity contribution in [2.75, 3.05) is 7.11 Å². The van der Waals surface area contributed by atoms with Gasteiger partial charge >= 0.3 is 6.16 Å². The minimum Gasteiger partial charge on any atom is -0.493 e. The molecule has 0 bridgehead atoms. The number of carboxylic acid groups (broad SMARTS) is 1. The fourth-order valence-electron chi connectivity index (χ4n) is 4.74. The molecule has 1 atom stereocenters. The van der Waals surface area contributed by atoms with Crippen LogP contribution in [0.25, 0.3) is 21.9 Å². The van der Waals surface area contributed by atoms with Gasteiger partial charge in [-0.1, -0.05) is 24.3 Å². The number of nitriles is 1. The molecule has 0 saturated carbocycles. The van der Waals surface area contributed by atoms with Gasteiger partial charge in [0, 0.05) is 16.5 Å². The fraction of sp³-hybridized carbons (Fsp3) is 0.240. The van der Waals surface area contributed by atoms with Gasteiger partial charge in [0.05, 0.1) is 24.3 Å². The molecule has 0 saturated heterocycles. The Morgan fingerprint density at radius 3 is 2.81 bits per heavy atom. The number of nitrogens with zero attached hydrogens (tertiary/aromatic N) is 2. The van der Waals surface area contributed by atoms with E-state index in [0.717, 1.165) is 33.2 Å². The highest BCUT2D eigenvalue weighted by atomic mass is 16.7. The summed E-state index contributed by atoms with van der Waals surface area (Å²) in [7, 11) is 1.59. The number of hydrogen-bond acceptors (Lipinski definition) is 6. The van der Waals surface area contributed by atoms with Gasteiger partial charge in [-0.05, 0) is 55.5 Å². The Bertz CT molecular complexity index is 1430. The summed E-state index contributed by atoms with van der Waals surface area (Å²) in [6.07, 6.45) is 0.186. The summed E-state index contributed by atoms with van der Waals surface area (Å²) in [4.78, 5) is 15.6. The molecule has 0 aliphatic heterocycles. The number of methoxy groups -OCH3 is 1. The lowest BCUT2D eigenvalue weighted by atomic mass is 9.68. The van der Waals surface area contributed by atoms with Gasteiger partial charge in [0.15, 0.2) is 17.1 Å². The van der Waals surface area contributed by atoms with Crippen molar-refractivity contribution in [3.63, 3.8) is 0 Å². The van der Waals surface area contributed by atoms with Crippen molar-refractivity contribution in [3.05, 3.63) is 65.0 Å². The van der Waals surface area contributed by atoms with Crippen molar-refractivity contribution in [1.29, 1.82) is 5.26 Å². The molecule has 7 heteroatoms. The van der Waals surface area contributed by atoms with Crippen molar-refractivity contribution >= 4 is 28.1 Å². The first-order valence-corrected chi connectivity index (χ1v) is 10.3. The first kappa shape index (κ1) is 19.9. The van der Waals surface area contributed by atoms with E-state index in [1.165, 1.54) is 0 Å². The second kappa shape index (κ2) is 7.27. The van der Waals surface area contributed by atoms with Crippen LogP contribution in [0.15, 0.2) is 46.9 Å². The molecule has 1 N–H and O–H groups in total. The van der Waals surface area contributed by atoms with Crippen LogP contribution < -0.4 is 9.47 Å². The van der Waals surface area contributed by atoms with Crippen molar-refractivity contribution in [3.8, 4) is 17.6 Å². The highest BCUT2D eigenvalue weighted by Crippen LogP contribution is 2.46. The maximum absolute atomic E-state index is 11.1. The van der Waals surface area contributed by atoms with Gasteiger partial charge in [-0.25, -0.2) is 4.79 Å². The molecular formula is C25H20N2O5. The van der Waals surface area contributed by atoms with Crippen LogP contribution in [0.3, 0.4) is 0 Å². The number of aromatic nitrogens is 1. The van der Waals surface area contributed by atoms with Gasteiger partial charge in [0.2, 0.25) is 0 Å². The van der Waals surface area contributed by atoms with Crippen LogP contribution in [0.4, 0.5) is 4.79 Å². The predicted octanol–water partition coefficient (Wildman–Crippen LogP) is 5.31. The van der Waals surface area contributed by atoms with E-state index in [1.54, 1.807) is 20.1 Å². The van der Waals surface area contributed by atoms with Gasteiger partial charge in [-0.15, -0.1) is 0 Å². The van der Waals surface area contributed by atoms with E-state index >= 15 is 0 Å². The zero-order chi connectivity index (χ0) is 22.5. The molecule has 5 rings (SSSR count). The topological polar surface area (TPSA) is 106 Å². The normalized spacial score (nSPS) is 17.7. The molecule has 7 nitrogen and oxygen atoms in total. The van der Waals surface area contributed by atoms with Crippen LogP contribution in [-0.2, 0) is 18.3 Å². The minimum absolute atomic E-state index is 0.193. The SMILES string of the molecule is COc1ccc(C2(C#N)CCc3nc(C)c(OC(=O)O)cc3C2)c2c1oc1ccccc12. The van der Waals surface area contributed by atoms with E-state index in [-0.39, 0.29) is 5.75 Å². The molecule has 2 aromatic heterocycles. The number of rotatable bonds is 3. The quantitative estimate of drug-likeness (QED) is 0.441. The van der Waals surface area contributed by atoms with Crippen molar-refractivity contribution in [2.45, 2.75) is 31.6 Å². The maximum Gasteiger partial charge on any atom is 0.511 e. The molecule has 160 valence electrons. The Morgan fingerprint density at radius 2 is 2.06 bits per heavy atom. The lowest BCUT2D eigenvalue weighted by Crippen LogP contribution is -2.33. The van der Waals surface area contributed by atoms with Gasteiger partial charge in [0.1, 0.15) is 5.58 Å². The standard InChI is InChI=1S/C25H20N2O5/c1-14-21(32-24(28)29)11-15-12-25(13-26,10-9-18(15)27-14)17-7-8-20(30-2)23-22(17)16-5-3-4-6-19(16)31-23/h3-8,11H,9-10,12H2,1-2H3,(H,28,29). The van der Waals surface area contributed by atoms with Crippen LogP contribution in [0.5, 0.6) is 11.5 Å². The molecule has 32 heavy (non-hydrogen) atoms. The third kappa shape index (κ3) is 2.95. The summed E-state index contributed by atoms with van der Waals surface area (Å²) < 4.78 is 16.5. The second-order valence-electron chi connectivity index (χ2n) is 8.03. The van der Waals surface area contributed by atoms with E-state index in [0.29, 0.717) is 36.3 Å². The average Bonchev–Trinajstić information content (AvgIpc) is 3.18. The molecule has 0 radical (unpaired) electrons. The number of para-hydroxylation sites is 1. The van der Waals surface area contributed by atoms with E-state index in [2.05, 4.69) is 11.1 Å². The zero-order valence-corrected chi connectivity index (χ0v) is 17.6. The van der Waals surface area contributed by atoms with Gasteiger partial charge in [-0.3, -0.25) is 4.98 Å². The summed E-state index contributed by atoms with van der Waals surface area (Å²) in [5.41, 5.74) is 3.58. The van der Waals surface area contributed by atoms with Crippen molar-refractivity contribution < 1.29 is 23.8 Å². The number of fused-ring (bicyclic) bond motifs is 4. The lowest BCUT2D eigenvalue weighted by molar-refractivity contribution is 0.144. The van der Waals surface area contributed by atoms with Gasteiger partial charge in [0.25, 0.3) is 0 Å². The number of benzene rings is 2. The third-order valence-electron chi connectivity index (χ3n) is 6.25. The Hall–Kier alpha value is -4.05. The minimum atomic E-state index is -1.39. The molecule has 4 aromatic rings. The highest BCUT2D eigenvalue weighted by Gasteiger charge is 2.40. The molecule has 2 aromatic carbocycles. The van der Waals surface area contributed by atoms with E-state index < -0.39 is 11.6 Å². The molecule has 0 fully saturated rings. The number of pyridine rings is 1. The fourth-order valence-corrected chi connectivity index (χ4v) is 4.74. The van der Waals surface area contributed by atoms with Crippen molar-refractivity contribution in [1.82, 2.24) is 4.98 Å². The van der Waals surface area contributed by atoms with E-state index in [4.69, 9.17) is 19.0 Å². The lowest BCUT2D eigenvalue weighted by Gasteiger charge is -2.33. The first-order valence-electron chi connectivity index (χ1n) is 10.3. The molecule has 2 heterocycles. The Morgan fingerprint density at radius 1 is 1.25 bits per heavy atom. The molecule has 1 aliphatic carbocycles. The molecule has 0 amide bonds. The van der Waals surface area contributed by atoms with Crippen LogP contribution in [0.1, 0.15) is 28.9 Å². The summed E-state index contributed by atoms with van der Waals surface area (Å²) >= 11 is 0. The van der Waals surface area contributed by atoms with Gasteiger partial charge in [-0.2, -0.15) is 5.26 Å².